The molecule has 3 aromatic rings. The number of aromatic nitrogens is 1. The van der Waals surface area contributed by atoms with Crippen LogP contribution in [0.2, 0.25) is 0 Å². The average Bonchev–Trinajstić information content (AvgIpc) is 3.25. The number of nitrogens with zero attached hydrogens (tertiary/aromatic N) is 2. The fourth-order valence-electron chi connectivity index (χ4n) is 6.20. The summed E-state index contributed by atoms with van der Waals surface area (Å²) < 4.78 is 11.8. The first-order chi connectivity index (χ1) is 18.5. The molecule has 2 aliphatic heterocycles. The van der Waals surface area contributed by atoms with Gasteiger partial charge in [0.1, 0.15) is 5.84 Å². The predicted molar refractivity (Wildman–Crippen MR) is 156 cm³/mol. The fraction of sp³-hybridized carbons (Fsp3) is 0.387. The summed E-state index contributed by atoms with van der Waals surface area (Å²) >= 11 is 0. The number of carbonyl (C=O) groups excluding carboxylic acids is 1. The molecule has 3 heterocycles. The van der Waals surface area contributed by atoms with E-state index in [2.05, 4.69) is 59.5 Å². The second-order valence-electron chi connectivity index (χ2n) is 10.7. The van der Waals surface area contributed by atoms with E-state index in [4.69, 9.17) is 5.41 Å². The molecule has 0 bridgehead atoms. The molecule has 7 heteroatoms. The zero-order valence-corrected chi connectivity index (χ0v) is 22.7. The van der Waals surface area contributed by atoms with Crippen LogP contribution in [0.5, 0.6) is 0 Å². The second-order valence-corrected chi connectivity index (χ2v) is 12.4. The van der Waals surface area contributed by atoms with E-state index in [1.165, 1.54) is 17.5 Å². The third-order valence-electron chi connectivity index (χ3n) is 8.75. The molecule has 3 aliphatic rings. The first kappa shape index (κ1) is 25.0. The maximum Gasteiger partial charge on any atom is 0.256 e. The number of benzene rings is 2. The van der Waals surface area contributed by atoms with Gasteiger partial charge in [0.2, 0.25) is 0 Å². The quantitative estimate of drug-likeness (QED) is 0.446. The van der Waals surface area contributed by atoms with Gasteiger partial charge in [-0.2, -0.15) is 0 Å². The molecule has 0 radical (unpaired) electrons. The lowest BCUT2D eigenvalue weighted by molar-refractivity contribution is 0.0773. The molecule has 1 saturated carbocycles. The number of fused-ring (bicyclic) bond motifs is 1. The van der Waals surface area contributed by atoms with Crippen molar-refractivity contribution in [3.05, 3.63) is 77.0 Å². The van der Waals surface area contributed by atoms with Gasteiger partial charge in [-0.15, -0.1) is 0 Å². The largest absolute Gasteiger partial charge is 0.360 e. The standard InChI is InChI=1S/C31H34N4O2S/c1-2-21-7-8-23(19-34-29(21)32)22-9-11-24(12-10-22)31(13-4-14-31)27-20-33-28-25(27)5-3-6-26(28)30(36)35-15-17-38(37)18-16-35/h3,5-6,8-12,19-21,32-33H,2,4,7,13-18H2,1H3. The molecule has 1 atom stereocenters. The Morgan fingerprint density at radius 2 is 1.92 bits per heavy atom. The molecule has 2 fully saturated rings. The number of hydrogen-bond acceptors (Lipinski definition) is 3. The van der Waals surface area contributed by atoms with Crippen LogP contribution in [0.15, 0.2) is 59.7 Å². The number of H-pyrrole nitrogens is 1. The van der Waals surface area contributed by atoms with E-state index in [0.717, 1.165) is 47.7 Å². The maximum atomic E-state index is 13.4. The van der Waals surface area contributed by atoms with Crippen molar-refractivity contribution in [3.8, 4) is 0 Å². The van der Waals surface area contributed by atoms with Gasteiger partial charge in [-0.05, 0) is 54.0 Å². The van der Waals surface area contributed by atoms with Crippen LogP contribution in [0.25, 0.3) is 16.5 Å². The molecular weight excluding hydrogens is 492 g/mol. The highest BCUT2D eigenvalue weighted by Gasteiger charge is 2.42. The first-order valence-electron chi connectivity index (χ1n) is 13.7. The lowest BCUT2D eigenvalue weighted by Crippen LogP contribution is -2.41. The molecule has 2 aromatic carbocycles. The molecule has 1 aliphatic carbocycles. The summed E-state index contributed by atoms with van der Waals surface area (Å²) in [7, 11) is -0.814. The normalized spacial score (nSPS) is 21.7. The minimum atomic E-state index is -0.814. The molecule has 196 valence electrons. The topological polar surface area (TPSA) is 89.4 Å². The molecule has 38 heavy (non-hydrogen) atoms. The summed E-state index contributed by atoms with van der Waals surface area (Å²) in [6.07, 6.45) is 11.3. The predicted octanol–water partition coefficient (Wildman–Crippen LogP) is 5.70. The molecule has 2 N–H and O–H groups in total. The number of carbonyl (C=O) groups is 1. The number of aliphatic imine (C=N–C) groups is 1. The smallest absolute Gasteiger partial charge is 0.256 e. The highest BCUT2D eigenvalue weighted by atomic mass is 32.2. The maximum absolute atomic E-state index is 13.4. The highest BCUT2D eigenvalue weighted by Crippen LogP contribution is 2.51. The van der Waals surface area contributed by atoms with Crippen LogP contribution >= 0.6 is 0 Å². The molecule has 6 rings (SSSR count). The minimum absolute atomic E-state index is 0.0180. The van der Waals surface area contributed by atoms with Crippen LogP contribution in [0, 0.1) is 11.3 Å². The lowest BCUT2D eigenvalue weighted by Gasteiger charge is -2.43. The Morgan fingerprint density at radius 1 is 1.16 bits per heavy atom. The van der Waals surface area contributed by atoms with Gasteiger partial charge in [-0.1, -0.05) is 55.8 Å². The van der Waals surface area contributed by atoms with Crippen LogP contribution in [-0.2, 0) is 16.2 Å². The van der Waals surface area contributed by atoms with Gasteiger partial charge in [0.25, 0.3) is 5.91 Å². The molecule has 1 unspecified atom stereocenters. The van der Waals surface area contributed by atoms with Crippen LogP contribution < -0.4 is 0 Å². The fourth-order valence-corrected chi connectivity index (χ4v) is 7.25. The van der Waals surface area contributed by atoms with Crippen LogP contribution in [0.3, 0.4) is 0 Å². The minimum Gasteiger partial charge on any atom is -0.360 e. The van der Waals surface area contributed by atoms with Crippen molar-refractivity contribution in [1.29, 1.82) is 5.41 Å². The Morgan fingerprint density at radius 3 is 2.61 bits per heavy atom. The summed E-state index contributed by atoms with van der Waals surface area (Å²) in [6.45, 7) is 3.21. The van der Waals surface area contributed by atoms with Gasteiger partial charge in [-0.25, -0.2) is 4.99 Å². The van der Waals surface area contributed by atoms with E-state index in [0.29, 0.717) is 36.0 Å². The van der Waals surface area contributed by atoms with Crippen molar-refractivity contribution in [1.82, 2.24) is 9.88 Å². The van der Waals surface area contributed by atoms with E-state index in [-0.39, 0.29) is 17.2 Å². The van der Waals surface area contributed by atoms with Gasteiger partial charge in [0.15, 0.2) is 0 Å². The molecule has 1 saturated heterocycles. The number of rotatable bonds is 5. The number of hydrogen-bond donors (Lipinski definition) is 2. The molecular formula is C31H34N4O2S. The van der Waals surface area contributed by atoms with Gasteiger partial charge in [-0.3, -0.25) is 14.4 Å². The van der Waals surface area contributed by atoms with Crippen molar-refractivity contribution in [2.24, 2.45) is 10.9 Å². The zero-order chi connectivity index (χ0) is 26.3. The summed E-state index contributed by atoms with van der Waals surface area (Å²) in [5.74, 6) is 1.79. The molecule has 1 aromatic heterocycles. The summed E-state index contributed by atoms with van der Waals surface area (Å²) in [4.78, 5) is 23.1. The van der Waals surface area contributed by atoms with Crippen LogP contribution in [0.1, 0.15) is 66.1 Å². The van der Waals surface area contributed by atoms with Crippen LogP contribution in [-0.4, -0.2) is 56.6 Å². The van der Waals surface area contributed by atoms with Crippen molar-refractivity contribution < 1.29 is 9.00 Å². The Bertz CT molecular complexity index is 1470. The highest BCUT2D eigenvalue weighted by molar-refractivity contribution is 7.85. The summed E-state index contributed by atoms with van der Waals surface area (Å²) in [6, 6.07) is 14.9. The van der Waals surface area contributed by atoms with Crippen LogP contribution in [0.4, 0.5) is 0 Å². The summed E-state index contributed by atoms with van der Waals surface area (Å²) in [5, 5.41) is 9.28. The Balaban J connectivity index is 1.31. The van der Waals surface area contributed by atoms with E-state index in [9.17, 15) is 9.00 Å². The van der Waals surface area contributed by atoms with Gasteiger partial charge < -0.3 is 9.88 Å². The Labute approximate surface area is 226 Å². The number of aromatic amines is 1. The van der Waals surface area contributed by atoms with Crippen molar-refractivity contribution in [3.63, 3.8) is 0 Å². The van der Waals surface area contributed by atoms with E-state index in [1.54, 1.807) is 0 Å². The number of allylic oxidation sites excluding steroid dienone is 2. The molecule has 6 nitrogen and oxygen atoms in total. The second kappa shape index (κ2) is 10.1. The summed E-state index contributed by atoms with van der Waals surface area (Å²) in [5.41, 5.74) is 6.30. The average molecular weight is 527 g/mol. The lowest BCUT2D eigenvalue weighted by atomic mass is 9.60. The third-order valence-corrected chi connectivity index (χ3v) is 10.0. The third kappa shape index (κ3) is 4.27. The van der Waals surface area contributed by atoms with Crippen molar-refractivity contribution >= 4 is 45.2 Å². The monoisotopic (exact) mass is 526 g/mol. The number of amidine groups is 1. The Kier molecular flexibility index (Phi) is 6.64. The number of amides is 1. The van der Waals surface area contributed by atoms with Gasteiger partial charge in [0.05, 0.1) is 11.1 Å². The van der Waals surface area contributed by atoms with Gasteiger partial charge in [0, 0.05) is 64.5 Å². The van der Waals surface area contributed by atoms with Gasteiger partial charge >= 0.3 is 0 Å². The van der Waals surface area contributed by atoms with Crippen molar-refractivity contribution in [2.45, 2.75) is 44.4 Å². The van der Waals surface area contributed by atoms with Crippen molar-refractivity contribution in [2.75, 3.05) is 24.6 Å². The Hall–Kier alpha value is -3.32. The molecule has 1 amide bonds. The number of para-hydroxylation sites is 1. The van der Waals surface area contributed by atoms with E-state index < -0.39 is 10.8 Å². The first-order valence-corrected chi connectivity index (χ1v) is 15.2. The SMILES string of the molecule is CCC1CC=C(c2ccc(C3(c4c[nH]c5c(C(=O)N6CCS(=O)CC6)cccc45)CCC3)cc2)C=NC1=N. The van der Waals surface area contributed by atoms with E-state index in [1.807, 2.05) is 23.2 Å². The van der Waals surface area contributed by atoms with E-state index >= 15 is 0 Å². The zero-order valence-electron chi connectivity index (χ0n) is 21.8. The molecule has 0 spiro atoms. The number of nitrogens with one attached hydrogen (secondary N) is 2.